The number of carbonyl (C=O) groups excluding carboxylic acids is 1. The number of phenols is 1. The lowest BCUT2D eigenvalue weighted by Crippen LogP contribution is -2.62. The van der Waals surface area contributed by atoms with Crippen LogP contribution in [0.3, 0.4) is 0 Å². The van der Waals surface area contributed by atoms with Crippen molar-refractivity contribution < 1.29 is 69.3 Å². The van der Waals surface area contributed by atoms with Gasteiger partial charge in [0.25, 0.3) is 0 Å². The Morgan fingerprint density at radius 2 is 1.40 bits per heavy atom. The fourth-order valence-corrected chi connectivity index (χ4v) is 4.27. The highest BCUT2D eigenvalue weighted by atomic mass is 16.7. The summed E-state index contributed by atoms with van der Waals surface area (Å²) >= 11 is 0. The van der Waals surface area contributed by atoms with E-state index in [1.165, 1.54) is 18.2 Å². The molecule has 10 atom stereocenters. The third-order valence-corrected chi connectivity index (χ3v) is 6.60. The maximum absolute atomic E-state index is 12.3. The Balaban J connectivity index is 1.43. The van der Waals surface area contributed by atoms with Crippen molar-refractivity contribution in [3.63, 3.8) is 0 Å². The molecule has 40 heavy (non-hydrogen) atoms. The Morgan fingerprint density at radius 3 is 2.08 bits per heavy atom. The highest BCUT2D eigenvalue weighted by molar-refractivity contribution is 5.89. The molecule has 220 valence electrons. The molecule has 0 amide bonds. The number of carbonyl (C=O) groups is 1. The predicted octanol–water partition coefficient (Wildman–Crippen LogP) is -2.25. The van der Waals surface area contributed by atoms with Crippen molar-refractivity contribution in [1.82, 2.24) is 0 Å². The van der Waals surface area contributed by atoms with Crippen LogP contribution in [0.4, 0.5) is 0 Å². The second kappa shape index (κ2) is 13.2. The van der Waals surface area contributed by atoms with Gasteiger partial charge in [-0.1, -0.05) is 18.2 Å². The minimum absolute atomic E-state index is 0.0277. The molecule has 14 nitrogen and oxygen atoms in total. The van der Waals surface area contributed by atoms with E-state index in [-0.39, 0.29) is 23.7 Å². The highest BCUT2D eigenvalue weighted by Gasteiger charge is 2.48. The number of hydrogen-bond acceptors (Lipinski definition) is 14. The van der Waals surface area contributed by atoms with Gasteiger partial charge in [0.2, 0.25) is 6.29 Å². The Morgan fingerprint density at radius 1 is 0.775 bits per heavy atom. The van der Waals surface area contributed by atoms with Gasteiger partial charge in [-0.2, -0.15) is 0 Å². The quantitative estimate of drug-likeness (QED) is 0.150. The summed E-state index contributed by atoms with van der Waals surface area (Å²) in [4.78, 5) is 12.3. The van der Waals surface area contributed by atoms with Gasteiger partial charge in [0.1, 0.15) is 66.9 Å². The van der Waals surface area contributed by atoms with E-state index >= 15 is 0 Å². The summed E-state index contributed by atoms with van der Waals surface area (Å²) < 4.78 is 27.3. The largest absolute Gasteiger partial charge is 0.508 e. The molecular weight excluding hydrogens is 536 g/mol. The lowest BCUT2D eigenvalue weighted by molar-refractivity contribution is -0.323. The second-order valence-electron chi connectivity index (χ2n) is 9.40. The van der Waals surface area contributed by atoms with Crippen LogP contribution in [-0.2, 0) is 25.6 Å². The van der Waals surface area contributed by atoms with Crippen LogP contribution in [0.5, 0.6) is 11.5 Å². The molecule has 0 bridgehead atoms. The molecule has 2 aliphatic rings. The Labute approximate surface area is 228 Å². The monoisotopic (exact) mass is 568 g/mol. The van der Waals surface area contributed by atoms with E-state index in [1.807, 2.05) is 0 Å². The van der Waals surface area contributed by atoms with Crippen LogP contribution in [0.1, 0.15) is 15.9 Å². The fraction of sp³-hybridized carbons (Fsp3) is 0.500. The van der Waals surface area contributed by atoms with E-state index < -0.39 is 80.6 Å². The Hall–Kier alpha value is -2.89. The molecular formula is C26H32O14. The van der Waals surface area contributed by atoms with Gasteiger partial charge in [0, 0.05) is 5.56 Å². The second-order valence-corrected chi connectivity index (χ2v) is 9.40. The van der Waals surface area contributed by atoms with Crippen molar-refractivity contribution in [2.24, 2.45) is 0 Å². The average molecular weight is 569 g/mol. The fourth-order valence-electron chi connectivity index (χ4n) is 4.27. The summed E-state index contributed by atoms with van der Waals surface area (Å²) in [5, 5.41) is 80.6. The number of aliphatic hydroxyl groups is 7. The lowest BCUT2D eigenvalue weighted by Gasteiger charge is -2.42. The summed E-state index contributed by atoms with van der Waals surface area (Å²) in [6.45, 7) is -1.54. The van der Waals surface area contributed by atoms with E-state index in [4.69, 9.17) is 23.7 Å². The van der Waals surface area contributed by atoms with Crippen LogP contribution >= 0.6 is 0 Å². The van der Waals surface area contributed by atoms with Crippen molar-refractivity contribution in [3.05, 3.63) is 59.7 Å². The third-order valence-electron chi connectivity index (χ3n) is 6.60. The molecule has 0 radical (unpaired) electrons. The van der Waals surface area contributed by atoms with E-state index in [0.717, 1.165) is 0 Å². The van der Waals surface area contributed by atoms with Gasteiger partial charge >= 0.3 is 5.97 Å². The zero-order valence-electron chi connectivity index (χ0n) is 21.0. The summed E-state index contributed by atoms with van der Waals surface area (Å²) in [5.41, 5.74) is 0.505. The van der Waals surface area contributed by atoms with Gasteiger partial charge in [0.15, 0.2) is 6.29 Å². The first kappa shape index (κ1) is 30.1. The standard InChI is InChI=1S/C26H32O14/c27-9-16-18(29)20(31)22(33)25(39-16)37-11-17-19(30)21(32)23(34)26(40-17)38-15-7-6-14(28)8-13(15)10-36-24(35)12-4-2-1-3-5-12/h1-8,16-23,25-34H,9-11H2/t16-,17-,18-,19-,20+,21+,22-,23-,25-,26-/m1/s1. The third kappa shape index (κ3) is 6.70. The molecule has 2 saturated heterocycles. The van der Waals surface area contributed by atoms with Crippen molar-refractivity contribution in [2.75, 3.05) is 13.2 Å². The SMILES string of the molecule is O=C(OCc1cc(O)ccc1O[C@@H]1O[C@H](CO[C@@H]2O[C@H](CO)[C@@H](O)[C@H](O)[C@H]2O)[C@@H](O)[C@H](O)[C@H]1O)c1ccccc1. The van der Waals surface area contributed by atoms with Gasteiger partial charge in [-0.3, -0.25) is 0 Å². The number of rotatable bonds is 9. The minimum Gasteiger partial charge on any atom is -0.508 e. The molecule has 0 unspecified atom stereocenters. The molecule has 2 aromatic carbocycles. The number of aromatic hydroxyl groups is 1. The first-order chi connectivity index (χ1) is 19.1. The van der Waals surface area contributed by atoms with Crippen LogP contribution in [0, 0.1) is 0 Å². The van der Waals surface area contributed by atoms with E-state index in [0.29, 0.717) is 5.56 Å². The van der Waals surface area contributed by atoms with Crippen LogP contribution in [0.25, 0.3) is 0 Å². The number of hydrogen-bond donors (Lipinski definition) is 8. The smallest absolute Gasteiger partial charge is 0.338 e. The summed E-state index contributed by atoms with van der Waals surface area (Å²) in [5.74, 6) is -0.766. The Bertz CT molecular complexity index is 1110. The maximum Gasteiger partial charge on any atom is 0.338 e. The molecule has 2 aliphatic heterocycles. The van der Waals surface area contributed by atoms with Gasteiger partial charge in [-0.25, -0.2) is 4.79 Å². The van der Waals surface area contributed by atoms with Crippen LogP contribution < -0.4 is 4.74 Å². The average Bonchev–Trinajstić information content (AvgIpc) is 2.96. The van der Waals surface area contributed by atoms with E-state index in [9.17, 15) is 45.6 Å². The molecule has 2 aromatic rings. The lowest BCUT2D eigenvalue weighted by atomic mass is 9.98. The zero-order chi connectivity index (χ0) is 29.0. The molecule has 0 saturated carbocycles. The van der Waals surface area contributed by atoms with Gasteiger partial charge in [-0.05, 0) is 30.3 Å². The van der Waals surface area contributed by atoms with E-state index in [1.54, 1.807) is 30.3 Å². The molecule has 14 heteroatoms. The number of benzene rings is 2. The first-order valence-corrected chi connectivity index (χ1v) is 12.4. The number of aliphatic hydroxyl groups excluding tert-OH is 7. The molecule has 0 spiro atoms. The normalized spacial score (nSPS) is 34.3. The Kier molecular flexibility index (Phi) is 9.91. The van der Waals surface area contributed by atoms with Crippen molar-refractivity contribution in [2.45, 2.75) is 68.0 Å². The molecule has 4 rings (SSSR count). The molecule has 0 aliphatic carbocycles. The molecule has 2 fully saturated rings. The van der Waals surface area contributed by atoms with Crippen LogP contribution in [0.15, 0.2) is 48.5 Å². The summed E-state index contributed by atoms with van der Waals surface area (Å²) in [7, 11) is 0. The number of phenolic OH excluding ortho intramolecular Hbond substituents is 1. The van der Waals surface area contributed by atoms with Crippen molar-refractivity contribution in [3.8, 4) is 11.5 Å². The van der Waals surface area contributed by atoms with Crippen molar-refractivity contribution >= 4 is 5.97 Å². The molecule has 0 aromatic heterocycles. The van der Waals surface area contributed by atoms with Gasteiger partial charge < -0.3 is 64.5 Å². The summed E-state index contributed by atoms with van der Waals surface area (Å²) in [6, 6.07) is 12.1. The predicted molar refractivity (Wildman–Crippen MR) is 131 cm³/mol. The highest BCUT2D eigenvalue weighted by Crippen LogP contribution is 2.30. The maximum atomic E-state index is 12.3. The van der Waals surface area contributed by atoms with Gasteiger partial charge in [-0.15, -0.1) is 0 Å². The van der Waals surface area contributed by atoms with E-state index in [2.05, 4.69) is 0 Å². The van der Waals surface area contributed by atoms with Crippen LogP contribution in [-0.4, -0.2) is 121 Å². The van der Waals surface area contributed by atoms with Gasteiger partial charge in [0.05, 0.1) is 18.8 Å². The van der Waals surface area contributed by atoms with Crippen molar-refractivity contribution in [1.29, 1.82) is 0 Å². The topological polar surface area (TPSA) is 225 Å². The van der Waals surface area contributed by atoms with Crippen LogP contribution in [0.2, 0.25) is 0 Å². The number of esters is 1. The first-order valence-electron chi connectivity index (χ1n) is 12.4. The molecule has 8 N–H and O–H groups in total. The minimum atomic E-state index is -1.77. The summed E-state index contributed by atoms with van der Waals surface area (Å²) in [6.07, 6.45) is -15.9. The zero-order valence-corrected chi connectivity index (χ0v) is 21.0. The number of ether oxygens (including phenoxy) is 5. The molecule has 2 heterocycles.